The van der Waals surface area contributed by atoms with Gasteiger partial charge >= 0.3 is 0 Å². The lowest BCUT2D eigenvalue weighted by Gasteiger charge is -2.03. The second kappa shape index (κ2) is 4.34. The molecule has 1 aromatic rings. The first kappa shape index (κ1) is 12.9. The van der Waals surface area contributed by atoms with Crippen LogP contribution in [0, 0.1) is 15.9 Å². The normalized spacial score (nSPS) is 11.4. The van der Waals surface area contributed by atoms with E-state index in [4.69, 9.17) is 10.7 Å². The van der Waals surface area contributed by atoms with Crippen LogP contribution in [0.1, 0.15) is 12.5 Å². The highest BCUT2D eigenvalue weighted by Crippen LogP contribution is 2.28. The molecule has 88 valence electrons. The largest absolute Gasteiger partial charge is 0.274 e. The second-order valence-corrected chi connectivity index (χ2v) is 5.49. The SMILES string of the molecule is CCc1cc(F)c(S(=O)(=O)Cl)cc1[N+](=O)[O-]. The highest BCUT2D eigenvalue weighted by atomic mass is 35.7. The van der Waals surface area contributed by atoms with Crippen molar-refractivity contribution in [2.75, 3.05) is 0 Å². The molecule has 0 N–H and O–H groups in total. The minimum absolute atomic E-state index is 0.117. The van der Waals surface area contributed by atoms with E-state index in [1.807, 2.05) is 0 Å². The van der Waals surface area contributed by atoms with Crippen molar-refractivity contribution in [1.29, 1.82) is 0 Å². The van der Waals surface area contributed by atoms with Gasteiger partial charge in [0.05, 0.1) is 4.92 Å². The summed E-state index contributed by atoms with van der Waals surface area (Å²) < 4.78 is 35.2. The molecular formula is C8H7ClFNO4S. The maximum atomic E-state index is 13.3. The quantitative estimate of drug-likeness (QED) is 0.478. The van der Waals surface area contributed by atoms with Crippen molar-refractivity contribution in [1.82, 2.24) is 0 Å². The minimum atomic E-state index is -4.32. The first-order chi connectivity index (χ1) is 7.27. The maximum Gasteiger partial charge on any atom is 0.274 e. The third kappa shape index (κ3) is 2.48. The van der Waals surface area contributed by atoms with Crippen LogP contribution in [0.3, 0.4) is 0 Å². The van der Waals surface area contributed by atoms with E-state index in [2.05, 4.69) is 0 Å². The van der Waals surface area contributed by atoms with Crippen molar-refractivity contribution in [3.63, 3.8) is 0 Å². The van der Waals surface area contributed by atoms with Crippen LogP contribution in [0.5, 0.6) is 0 Å². The van der Waals surface area contributed by atoms with Gasteiger partial charge in [-0.2, -0.15) is 0 Å². The fraction of sp³-hybridized carbons (Fsp3) is 0.250. The van der Waals surface area contributed by atoms with Crippen LogP contribution < -0.4 is 0 Å². The molecule has 5 nitrogen and oxygen atoms in total. The van der Waals surface area contributed by atoms with Crippen molar-refractivity contribution >= 4 is 25.4 Å². The highest BCUT2D eigenvalue weighted by molar-refractivity contribution is 8.13. The highest BCUT2D eigenvalue weighted by Gasteiger charge is 2.23. The lowest BCUT2D eigenvalue weighted by Crippen LogP contribution is -2.01. The number of nitrogens with zero attached hydrogens (tertiary/aromatic N) is 1. The average molecular weight is 268 g/mol. The van der Waals surface area contributed by atoms with Gasteiger partial charge in [-0.25, -0.2) is 12.8 Å². The third-order valence-electron chi connectivity index (χ3n) is 1.97. The molecule has 0 aliphatic rings. The fourth-order valence-corrected chi connectivity index (χ4v) is 2.12. The summed E-state index contributed by atoms with van der Waals surface area (Å²) in [5.74, 6) is -1.09. The number of hydrogen-bond acceptors (Lipinski definition) is 4. The van der Waals surface area contributed by atoms with E-state index < -0.39 is 30.4 Å². The number of hydrogen-bond donors (Lipinski definition) is 0. The molecule has 0 saturated heterocycles. The third-order valence-corrected chi connectivity index (χ3v) is 3.31. The van der Waals surface area contributed by atoms with Crippen LogP contribution >= 0.6 is 10.7 Å². The van der Waals surface area contributed by atoms with Gasteiger partial charge in [0.1, 0.15) is 10.7 Å². The lowest BCUT2D eigenvalue weighted by atomic mass is 10.1. The van der Waals surface area contributed by atoms with Gasteiger partial charge in [-0.1, -0.05) is 6.92 Å². The molecule has 0 aliphatic heterocycles. The van der Waals surface area contributed by atoms with E-state index >= 15 is 0 Å². The van der Waals surface area contributed by atoms with Crippen LogP contribution in [0.15, 0.2) is 17.0 Å². The molecule has 0 saturated carbocycles. The van der Waals surface area contributed by atoms with Crippen LogP contribution in [0.25, 0.3) is 0 Å². The Hall–Kier alpha value is -1.21. The molecule has 16 heavy (non-hydrogen) atoms. The number of rotatable bonds is 3. The second-order valence-electron chi connectivity index (χ2n) is 2.96. The average Bonchev–Trinajstić information content (AvgIpc) is 2.14. The number of benzene rings is 1. The maximum absolute atomic E-state index is 13.3. The van der Waals surface area contributed by atoms with Crippen molar-refractivity contribution in [2.24, 2.45) is 0 Å². The molecule has 0 atom stereocenters. The Morgan fingerprint density at radius 2 is 2.06 bits per heavy atom. The van der Waals surface area contributed by atoms with E-state index in [0.29, 0.717) is 6.07 Å². The summed E-state index contributed by atoms with van der Waals surface area (Å²) in [7, 11) is 0.624. The summed E-state index contributed by atoms with van der Waals surface area (Å²) in [6, 6.07) is 1.45. The molecule has 8 heteroatoms. The molecule has 0 heterocycles. The fourth-order valence-electron chi connectivity index (χ4n) is 1.22. The summed E-state index contributed by atoms with van der Waals surface area (Å²) in [6.45, 7) is 1.59. The predicted molar refractivity (Wildman–Crippen MR) is 55.5 cm³/mol. The molecule has 0 aliphatic carbocycles. The zero-order chi connectivity index (χ0) is 12.5. The van der Waals surface area contributed by atoms with Crippen molar-refractivity contribution in [3.05, 3.63) is 33.6 Å². The van der Waals surface area contributed by atoms with Gasteiger partial charge in [-0.15, -0.1) is 0 Å². The zero-order valence-electron chi connectivity index (χ0n) is 8.11. The van der Waals surface area contributed by atoms with Gasteiger partial charge in [0.25, 0.3) is 14.7 Å². The molecule has 0 fully saturated rings. The molecule has 0 spiro atoms. The first-order valence-electron chi connectivity index (χ1n) is 4.18. The Labute approximate surface area is 95.4 Å². The lowest BCUT2D eigenvalue weighted by molar-refractivity contribution is -0.385. The molecule has 0 amide bonds. The van der Waals surface area contributed by atoms with Crippen LogP contribution in [0.4, 0.5) is 10.1 Å². The van der Waals surface area contributed by atoms with Gasteiger partial charge in [0, 0.05) is 22.3 Å². The molecule has 0 radical (unpaired) electrons. The summed E-state index contributed by atoms with van der Waals surface area (Å²) in [4.78, 5) is 8.97. The topological polar surface area (TPSA) is 77.3 Å². The van der Waals surface area contributed by atoms with E-state index in [0.717, 1.165) is 6.07 Å². The molecule has 0 unspecified atom stereocenters. The summed E-state index contributed by atoms with van der Waals surface area (Å²) in [6.07, 6.45) is 0.218. The van der Waals surface area contributed by atoms with Crippen LogP contribution in [-0.4, -0.2) is 13.3 Å². The van der Waals surface area contributed by atoms with E-state index in [-0.39, 0.29) is 12.0 Å². The van der Waals surface area contributed by atoms with Crippen LogP contribution in [-0.2, 0) is 15.5 Å². The number of aryl methyl sites for hydroxylation is 1. The van der Waals surface area contributed by atoms with E-state index in [1.54, 1.807) is 6.92 Å². The Balaban J connectivity index is 3.58. The van der Waals surface area contributed by atoms with E-state index in [1.165, 1.54) is 0 Å². The van der Waals surface area contributed by atoms with Gasteiger partial charge in [0.2, 0.25) is 0 Å². The molecule has 1 rings (SSSR count). The van der Waals surface area contributed by atoms with Crippen molar-refractivity contribution in [2.45, 2.75) is 18.2 Å². The van der Waals surface area contributed by atoms with Gasteiger partial charge < -0.3 is 0 Å². The summed E-state index contributed by atoms with van der Waals surface area (Å²) in [5, 5.41) is 10.6. The van der Waals surface area contributed by atoms with Gasteiger partial charge in [-0.05, 0) is 12.5 Å². The number of nitro groups is 1. The molecule has 0 aromatic heterocycles. The first-order valence-corrected chi connectivity index (χ1v) is 6.49. The summed E-state index contributed by atoms with van der Waals surface area (Å²) in [5.41, 5.74) is -0.338. The standard InChI is InChI=1S/C8H7ClFNO4S/c1-2-5-3-6(10)8(16(9,14)15)4-7(5)11(12)13/h3-4H,2H2,1H3. The smallest absolute Gasteiger partial charge is 0.258 e. The minimum Gasteiger partial charge on any atom is -0.258 e. The van der Waals surface area contributed by atoms with Gasteiger partial charge in [0.15, 0.2) is 0 Å². The molecular weight excluding hydrogens is 261 g/mol. The Morgan fingerprint density at radius 3 is 2.44 bits per heavy atom. The monoisotopic (exact) mass is 267 g/mol. The molecule has 1 aromatic carbocycles. The van der Waals surface area contributed by atoms with Crippen LogP contribution in [0.2, 0.25) is 0 Å². The number of halogens is 2. The van der Waals surface area contributed by atoms with E-state index in [9.17, 15) is 22.9 Å². The Bertz CT molecular complexity index is 543. The summed E-state index contributed by atoms with van der Waals surface area (Å²) >= 11 is 0. The Morgan fingerprint density at radius 1 is 1.50 bits per heavy atom. The molecule has 0 bridgehead atoms. The predicted octanol–water partition coefficient (Wildman–Crippen LogP) is 2.22. The Kier molecular flexibility index (Phi) is 3.49. The van der Waals surface area contributed by atoms with Gasteiger partial charge in [-0.3, -0.25) is 10.1 Å². The van der Waals surface area contributed by atoms with Crippen molar-refractivity contribution in [3.8, 4) is 0 Å². The van der Waals surface area contributed by atoms with Crippen molar-refractivity contribution < 1.29 is 17.7 Å². The number of nitro benzene ring substituents is 1. The zero-order valence-corrected chi connectivity index (χ0v) is 9.68.